The Hall–Kier alpha value is -0.650. The summed E-state index contributed by atoms with van der Waals surface area (Å²) in [4.78, 5) is 10.8. The Morgan fingerprint density at radius 1 is 0.889 bits per heavy atom. The van der Waals surface area contributed by atoms with Gasteiger partial charge in [-0.25, -0.2) is 0 Å². The quantitative estimate of drug-likeness (QED) is 0.312. The van der Waals surface area contributed by atoms with E-state index in [4.69, 9.17) is 9.84 Å². The third-order valence-electron chi connectivity index (χ3n) is 5.93. The molecule has 0 saturated carbocycles. The highest BCUT2D eigenvalue weighted by atomic mass is 16.6. The molecule has 1 aliphatic rings. The van der Waals surface area contributed by atoms with Crippen LogP contribution in [0.3, 0.4) is 0 Å². The van der Waals surface area contributed by atoms with Crippen LogP contribution in [0, 0.1) is 0 Å². The number of ether oxygens (including phenoxy) is 1. The van der Waals surface area contributed by atoms with Crippen LogP contribution in [-0.2, 0) is 9.53 Å². The molecule has 0 radical (unpaired) electrons. The average molecular weight is 386 g/mol. The SMILES string of the molecule is CCCCCCCCCCCCCC1(CCCC(=O)O)COC(C)(C)N1O. The number of rotatable bonds is 16. The van der Waals surface area contributed by atoms with Crippen molar-refractivity contribution in [1.29, 1.82) is 0 Å². The zero-order valence-corrected chi connectivity index (χ0v) is 18.0. The lowest BCUT2D eigenvalue weighted by Crippen LogP contribution is -2.50. The lowest BCUT2D eigenvalue weighted by molar-refractivity contribution is -0.242. The Labute approximate surface area is 166 Å². The summed E-state index contributed by atoms with van der Waals surface area (Å²) in [6, 6.07) is 0. The monoisotopic (exact) mass is 385 g/mol. The third kappa shape index (κ3) is 8.93. The largest absolute Gasteiger partial charge is 0.481 e. The third-order valence-corrected chi connectivity index (χ3v) is 5.93. The van der Waals surface area contributed by atoms with E-state index in [9.17, 15) is 10.0 Å². The first-order valence-corrected chi connectivity index (χ1v) is 11.2. The highest BCUT2D eigenvalue weighted by molar-refractivity contribution is 5.66. The van der Waals surface area contributed by atoms with E-state index in [-0.39, 0.29) is 6.42 Å². The Bertz CT molecular complexity index is 413. The molecule has 1 rings (SSSR count). The molecule has 1 atom stereocenters. The Kier molecular flexibility index (Phi) is 11.5. The van der Waals surface area contributed by atoms with Crippen LogP contribution in [0.2, 0.25) is 0 Å². The highest BCUT2D eigenvalue weighted by Gasteiger charge is 2.50. The minimum atomic E-state index is -0.775. The van der Waals surface area contributed by atoms with Crippen LogP contribution < -0.4 is 0 Å². The second kappa shape index (κ2) is 12.7. The summed E-state index contributed by atoms with van der Waals surface area (Å²) < 4.78 is 5.80. The smallest absolute Gasteiger partial charge is 0.303 e. The van der Waals surface area contributed by atoms with Crippen molar-refractivity contribution < 1.29 is 19.8 Å². The zero-order valence-electron chi connectivity index (χ0n) is 18.0. The van der Waals surface area contributed by atoms with Gasteiger partial charge in [-0.3, -0.25) is 4.79 Å². The zero-order chi connectivity index (χ0) is 20.2. The van der Waals surface area contributed by atoms with Crippen molar-refractivity contribution in [1.82, 2.24) is 5.06 Å². The van der Waals surface area contributed by atoms with E-state index in [0.717, 1.165) is 12.8 Å². The van der Waals surface area contributed by atoms with E-state index in [1.54, 1.807) is 0 Å². The van der Waals surface area contributed by atoms with E-state index in [2.05, 4.69) is 6.92 Å². The maximum Gasteiger partial charge on any atom is 0.303 e. The Balaban J connectivity index is 2.23. The molecule has 0 aromatic rings. The molecule has 27 heavy (non-hydrogen) atoms. The molecule has 0 spiro atoms. The lowest BCUT2D eigenvalue weighted by Gasteiger charge is -2.37. The summed E-state index contributed by atoms with van der Waals surface area (Å²) in [6.45, 7) is 6.47. The standard InChI is InChI=1S/C22H43NO4/c1-4-5-6-7-8-9-10-11-12-13-14-17-22(18-15-16-20(24)25)19-27-21(2,3)23(22)26/h26H,4-19H2,1-3H3,(H,24,25). The summed E-state index contributed by atoms with van der Waals surface area (Å²) in [5.41, 5.74) is -1.13. The van der Waals surface area contributed by atoms with Gasteiger partial charge in [0.25, 0.3) is 0 Å². The first-order chi connectivity index (χ1) is 12.8. The van der Waals surface area contributed by atoms with Crippen molar-refractivity contribution in [2.75, 3.05) is 6.61 Å². The molecule has 0 aromatic heterocycles. The fourth-order valence-electron chi connectivity index (χ4n) is 4.17. The Morgan fingerprint density at radius 2 is 1.37 bits per heavy atom. The van der Waals surface area contributed by atoms with Crippen molar-refractivity contribution >= 4 is 5.97 Å². The van der Waals surface area contributed by atoms with Crippen molar-refractivity contribution in [2.45, 2.75) is 128 Å². The van der Waals surface area contributed by atoms with E-state index < -0.39 is 17.2 Å². The van der Waals surface area contributed by atoms with Gasteiger partial charge in [0.05, 0.1) is 12.1 Å². The summed E-state index contributed by atoms with van der Waals surface area (Å²) >= 11 is 0. The van der Waals surface area contributed by atoms with Crippen molar-refractivity contribution in [3.63, 3.8) is 0 Å². The van der Waals surface area contributed by atoms with Gasteiger partial charge in [-0.2, -0.15) is 5.06 Å². The number of unbranched alkanes of at least 4 members (excludes halogenated alkanes) is 10. The van der Waals surface area contributed by atoms with Gasteiger partial charge in [-0.15, -0.1) is 0 Å². The number of nitrogens with zero attached hydrogens (tertiary/aromatic N) is 1. The number of hydroxylamine groups is 2. The summed E-state index contributed by atoms with van der Waals surface area (Å²) in [7, 11) is 0. The second-order valence-corrected chi connectivity index (χ2v) is 8.80. The molecule has 0 amide bonds. The van der Waals surface area contributed by atoms with E-state index in [0.29, 0.717) is 19.4 Å². The summed E-state index contributed by atoms with van der Waals surface area (Å²) in [5.74, 6) is -0.775. The van der Waals surface area contributed by atoms with Crippen LogP contribution in [-0.4, -0.2) is 39.2 Å². The van der Waals surface area contributed by atoms with E-state index >= 15 is 0 Å². The van der Waals surface area contributed by atoms with Crippen LogP contribution >= 0.6 is 0 Å². The van der Waals surface area contributed by atoms with Gasteiger partial charge in [0.2, 0.25) is 0 Å². The van der Waals surface area contributed by atoms with Crippen molar-refractivity contribution in [3.8, 4) is 0 Å². The first kappa shape index (κ1) is 24.4. The van der Waals surface area contributed by atoms with Crippen molar-refractivity contribution in [3.05, 3.63) is 0 Å². The maximum absolute atomic E-state index is 10.8. The predicted molar refractivity (Wildman–Crippen MR) is 109 cm³/mol. The fourth-order valence-corrected chi connectivity index (χ4v) is 4.17. The Morgan fingerprint density at radius 3 is 1.81 bits per heavy atom. The molecular formula is C22H43NO4. The van der Waals surface area contributed by atoms with Gasteiger partial charge < -0.3 is 15.1 Å². The van der Waals surface area contributed by atoms with Crippen LogP contribution in [0.15, 0.2) is 0 Å². The van der Waals surface area contributed by atoms with Gasteiger partial charge in [-0.1, -0.05) is 77.6 Å². The molecular weight excluding hydrogens is 342 g/mol. The molecule has 0 aromatic carbocycles. The molecule has 0 aliphatic carbocycles. The molecule has 1 fully saturated rings. The normalized spacial score (nSPS) is 22.4. The lowest BCUT2D eigenvalue weighted by atomic mass is 9.87. The topological polar surface area (TPSA) is 70.0 Å². The molecule has 0 bridgehead atoms. The molecule has 1 saturated heterocycles. The average Bonchev–Trinajstić information content (AvgIpc) is 2.84. The van der Waals surface area contributed by atoms with Crippen molar-refractivity contribution in [2.24, 2.45) is 0 Å². The maximum atomic E-state index is 10.8. The first-order valence-electron chi connectivity index (χ1n) is 11.2. The molecule has 5 heteroatoms. The molecule has 1 heterocycles. The summed E-state index contributed by atoms with van der Waals surface area (Å²) in [6.07, 6.45) is 16.5. The molecule has 1 aliphatic heterocycles. The number of carbonyl (C=O) groups is 1. The number of hydrogen-bond donors (Lipinski definition) is 2. The molecule has 160 valence electrons. The predicted octanol–water partition coefficient (Wildman–Crippen LogP) is 6.14. The van der Waals surface area contributed by atoms with Gasteiger partial charge in [0.15, 0.2) is 0 Å². The minimum Gasteiger partial charge on any atom is -0.481 e. The number of hydrogen-bond acceptors (Lipinski definition) is 4. The number of carboxylic acids is 1. The van der Waals surface area contributed by atoms with Gasteiger partial charge in [-0.05, 0) is 33.1 Å². The second-order valence-electron chi connectivity index (χ2n) is 8.80. The molecule has 5 nitrogen and oxygen atoms in total. The van der Waals surface area contributed by atoms with E-state index in [1.165, 1.54) is 69.3 Å². The molecule has 2 N–H and O–H groups in total. The fraction of sp³-hybridized carbons (Fsp3) is 0.955. The van der Waals surface area contributed by atoms with Gasteiger partial charge in [0.1, 0.15) is 5.72 Å². The van der Waals surface area contributed by atoms with Gasteiger partial charge >= 0.3 is 5.97 Å². The van der Waals surface area contributed by atoms with Crippen LogP contribution in [0.5, 0.6) is 0 Å². The molecule has 1 unspecified atom stereocenters. The van der Waals surface area contributed by atoms with E-state index in [1.807, 2.05) is 13.8 Å². The van der Waals surface area contributed by atoms with Crippen LogP contribution in [0.25, 0.3) is 0 Å². The minimum absolute atomic E-state index is 0.147. The van der Waals surface area contributed by atoms with Crippen LogP contribution in [0.1, 0.15) is 117 Å². The van der Waals surface area contributed by atoms with Gasteiger partial charge in [0, 0.05) is 6.42 Å². The number of carboxylic acid groups (broad SMARTS) is 1. The highest BCUT2D eigenvalue weighted by Crippen LogP contribution is 2.40. The van der Waals surface area contributed by atoms with Crippen LogP contribution in [0.4, 0.5) is 0 Å². The number of aliphatic carboxylic acids is 1. The summed E-state index contributed by atoms with van der Waals surface area (Å²) in [5, 5.41) is 20.9.